The summed E-state index contributed by atoms with van der Waals surface area (Å²) in [6, 6.07) is 5.92. The summed E-state index contributed by atoms with van der Waals surface area (Å²) < 4.78 is 0. The molecular formula is C16H19NO3. The molecule has 3 rings (SSSR count). The maximum Gasteiger partial charge on any atom is 0.308 e. The Labute approximate surface area is 118 Å². The largest absolute Gasteiger partial charge is 0.481 e. The lowest BCUT2D eigenvalue weighted by atomic mass is 9.99. The van der Waals surface area contributed by atoms with E-state index < -0.39 is 11.9 Å². The van der Waals surface area contributed by atoms with Crippen LogP contribution in [0.4, 0.5) is 0 Å². The van der Waals surface area contributed by atoms with E-state index in [1.807, 2.05) is 25.1 Å². The van der Waals surface area contributed by atoms with Gasteiger partial charge in [-0.1, -0.05) is 13.0 Å². The van der Waals surface area contributed by atoms with Gasteiger partial charge in [-0.3, -0.25) is 9.59 Å². The van der Waals surface area contributed by atoms with Crippen LogP contribution in [-0.2, 0) is 17.6 Å². The molecule has 2 atom stereocenters. The molecule has 0 spiro atoms. The van der Waals surface area contributed by atoms with Crippen molar-refractivity contribution in [1.29, 1.82) is 0 Å². The summed E-state index contributed by atoms with van der Waals surface area (Å²) in [5.74, 6) is -1.25. The average Bonchev–Trinajstić information content (AvgIpc) is 3.02. The molecule has 1 aliphatic heterocycles. The van der Waals surface area contributed by atoms with E-state index in [0.29, 0.717) is 18.7 Å². The molecule has 0 bridgehead atoms. The Kier molecular flexibility index (Phi) is 3.24. The van der Waals surface area contributed by atoms with Gasteiger partial charge in [-0.2, -0.15) is 0 Å². The fourth-order valence-corrected chi connectivity index (χ4v) is 3.34. The van der Waals surface area contributed by atoms with Crippen LogP contribution in [0.2, 0.25) is 0 Å². The normalized spacial score (nSPS) is 24.8. The number of benzene rings is 1. The first-order valence-electron chi connectivity index (χ1n) is 7.20. The van der Waals surface area contributed by atoms with Crippen molar-refractivity contribution >= 4 is 11.9 Å². The maximum absolute atomic E-state index is 12.5. The third kappa shape index (κ3) is 2.19. The van der Waals surface area contributed by atoms with Crippen LogP contribution in [0.15, 0.2) is 18.2 Å². The summed E-state index contributed by atoms with van der Waals surface area (Å²) in [7, 11) is 0. The van der Waals surface area contributed by atoms with Gasteiger partial charge in [-0.25, -0.2) is 0 Å². The minimum atomic E-state index is -0.804. The Hall–Kier alpha value is -1.84. The summed E-state index contributed by atoms with van der Waals surface area (Å²) in [5.41, 5.74) is 3.32. The molecule has 1 aromatic carbocycles. The van der Waals surface area contributed by atoms with E-state index in [1.165, 1.54) is 11.1 Å². The number of aryl methyl sites for hydroxylation is 2. The van der Waals surface area contributed by atoms with Crippen molar-refractivity contribution in [2.24, 2.45) is 11.8 Å². The molecule has 1 amide bonds. The molecule has 1 heterocycles. The van der Waals surface area contributed by atoms with Gasteiger partial charge >= 0.3 is 5.97 Å². The fraction of sp³-hybridized carbons (Fsp3) is 0.500. The maximum atomic E-state index is 12.5. The second-order valence-electron chi connectivity index (χ2n) is 5.97. The Bertz CT molecular complexity index is 567. The summed E-state index contributed by atoms with van der Waals surface area (Å²) >= 11 is 0. The molecule has 20 heavy (non-hydrogen) atoms. The first-order chi connectivity index (χ1) is 9.56. The van der Waals surface area contributed by atoms with Gasteiger partial charge in [-0.05, 0) is 48.4 Å². The second kappa shape index (κ2) is 4.93. The van der Waals surface area contributed by atoms with E-state index >= 15 is 0 Å². The summed E-state index contributed by atoms with van der Waals surface area (Å²) in [5, 5.41) is 9.14. The number of amides is 1. The number of nitrogens with zero attached hydrogens (tertiary/aromatic N) is 1. The predicted octanol–water partition coefficient (Wildman–Crippen LogP) is 1.97. The molecule has 0 unspecified atom stereocenters. The van der Waals surface area contributed by atoms with Gasteiger partial charge in [0.1, 0.15) is 0 Å². The van der Waals surface area contributed by atoms with E-state index in [9.17, 15) is 9.59 Å². The molecule has 1 saturated heterocycles. The lowest BCUT2D eigenvalue weighted by molar-refractivity contribution is -0.142. The van der Waals surface area contributed by atoms with Crippen molar-refractivity contribution in [2.45, 2.75) is 26.2 Å². The fourth-order valence-electron chi connectivity index (χ4n) is 3.34. The number of hydrogen-bond donors (Lipinski definition) is 1. The van der Waals surface area contributed by atoms with Gasteiger partial charge in [0.25, 0.3) is 5.91 Å². The van der Waals surface area contributed by atoms with Gasteiger partial charge in [0.2, 0.25) is 0 Å². The molecule has 2 aliphatic rings. The standard InChI is InChI=1S/C16H19NO3/c1-10-8-17(9-14(10)16(19)20)15(18)13-6-5-11-3-2-4-12(11)7-13/h5-7,10,14H,2-4,8-9H2,1H3,(H,19,20)/t10-,14-/m1/s1. The van der Waals surface area contributed by atoms with Gasteiger partial charge in [0, 0.05) is 18.7 Å². The van der Waals surface area contributed by atoms with Crippen molar-refractivity contribution in [3.05, 3.63) is 34.9 Å². The zero-order valence-corrected chi connectivity index (χ0v) is 11.6. The highest BCUT2D eigenvalue weighted by Gasteiger charge is 2.37. The number of fused-ring (bicyclic) bond motifs is 1. The second-order valence-corrected chi connectivity index (χ2v) is 5.97. The summed E-state index contributed by atoms with van der Waals surface area (Å²) in [6.45, 7) is 2.76. The van der Waals surface area contributed by atoms with Crippen LogP contribution in [0.25, 0.3) is 0 Å². The molecule has 106 valence electrons. The van der Waals surface area contributed by atoms with E-state index in [-0.39, 0.29) is 11.8 Å². The number of aliphatic carboxylic acids is 1. The predicted molar refractivity (Wildman–Crippen MR) is 74.7 cm³/mol. The molecular weight excluding hydrogens is 254 g/mol. The lowest BCUT2D eigenvalue weighted by Crippen LogP contribution is -2.30. The smallest absolute Gasteiger partial charge is 0.308 e. The minimum absolute atomic E-state index is 0.0193. The molecule has 1 aromatic rings. The number of carbonyl (C=O) groups excluding carboxylic acids is 1. The Balaban J connectivity index is 1.78. The number of carbonyl (C=O) groups is 2. The van der Waals surface area contributed by atoms with Crippen LogP contribution in [0.1, 0.15) is 34.8 Å². The molecule has 0 saturated carbocycles. The third-order valence-corrected chi connectivity index (χ3v) is 4.56. The number of carboxylic acids is 1. The zero-order chi connectivity index (χ0) is 14.3. The van der Waals surface area contributed by atoms with Crippen molar-refractivity contribution in [3.8, 4) is 0 Å². The van der Waals surface area contributed by atoms with Crippen molar-refractivity contribution < 1.29 is 14.7 Å². The van der Waals surface area contributed by atoms with Crippen molar-refractivity contribution in [2.75, 3.05) is 13.1 Å². The van der Waals surface area contributed by atoms with Crippen LogP contribution in [0.5, 0.6) is 0 Å². The highest BCUT2D eigenvalue weighted by Crippen LogP contribution is 2.27. The minimum Gasteiger partial charge on any atom is -0.481 e. The number of hydrogen-bond acceptors (Lipinski definition) is 2. The molecule has 1 aliphatic carbocycles. The van der Waals surface area contributed by atoms with E-state index in [4.69, 9.17) is 5.11 Å². The molecule has 1 fully saturated rings. The Morgan fingerprint density at radius 2 is 1.95 bits per heavy atom. The Morgan fingerprint density at radius 1 is 1.20 bits per heavy atom. The van der Waals surface area contributed by atoms with Crippen LogP contribution in [-0.4, -0.2) is 35.0 Å². The Morgan fingerprint density at radius 3 is 2.65 bits per heavy atom. The highest BCUT2D eigenvalue weighted by atomic mass is 16.4. The van der Waals surface area contributed by atoms with Crippen LogP contribution >= 0.6 is 0 Å². The van der Waals surface area contributed by atoms with Crippen LogP contribution in [0, 0.1) is 11.8 Å². The number of carboxylic acid groups (broad SMARTS) is 1. The topological polar surface area (TPSA) is 57.6 Å². The molecule has 4 nitrogen and oxygen atoms in total. The first-order valence-corrected chi connectivity index (χ1v) is 7.20. The van der Waals surface area contributed by atoms with Gasteiger partial charge in [-0.15, -0.1) is 0 Å². The van der Waals surface area contributed by atoms with Gasteiger partial charge in [0.05, 0.1) is 5.92 Å². The summed E-state index contributed by atoms with van der Waals surface area (Å²) in [6.07, 6.45) is 3.31. The SMILES string of the molecule is C[C@@H]1CN(C(=O)c2ccc3c(c2)CCC3)C[C@H]1C(=O)O. The molecule has 0 radical (unpaired) electrons. The summed E-state index contributed by atoms with van der Waals surface area (Å²) in [4.78, 5) is 25.3. The zero-order valence-electron chi connectivity index (χ0n) is 11.6. The van der Waals surface area contributed by atoms with Crippen LogP contribution < -0.4 is 0 Å². The van der Waals surface area contributed by atoms with E-state index in [1.54, 1.807) is 4.90 Å². The number of rotatable bonds is 2. The van der Waals surface area contributed by atoms with Gasteiger partial charge < -0.3 is 10.0 Å². The molecule has 4 heteroatoms. The monoisotopic (exact) mass is 273 g/mol. The lowest BCUT2D eigenvalue weighted by Gasteiger charge is -2.16. The quantitative estimate of drug-likeness (QED) is 0.896. The van der Waals surface area contributed by atoms with E-state index in [2.05, 4.69) is 0 Å². The molecule has 1 N–H and O–H groups in total. The number of likely N-dealkylation sites (tertiary alicyclic amines) is 1. The van der Waals surface area contributed by atoms with Crippen molar-refractivity contribution in [3.63, 3.8) is 0 Å². The average molecular weight is 273 g/mol. The first kappa shape index (κ1) is 13.2. The van der Waals surface area contributed by atoms with Crippen molar-refractivity contribution in [1.82, 2.24) is 4.90 Å². The third-order valence-electron chi connectivity index (χ3n) is 4.56. The van der Waals surface area contributed by atoms with Crippen LogP contribution in [0.3, 0.4) is 0 Å². The van der Waals surface area contributed by atoms with E-state index in [0.717, 1.165) is 19.3 Å². The highest BCUT2D eigenvalue weighted by molar-refractivity contribution is 5.95. The van der Waals surface area contributed by atoms with Gasteiger partial charge in [0.15, 0.2) is 0 Å². The molecule has 0 aromatic heterocycles.